The fourth-order valence-electron chi connectivity index (χ4n) is 1.96. The Kier molecular flexibility index (Phi) is 1.36. The van der Waals surface area contributed by atoms with Gasteiger partial charge in [-0.15, -0.1) is 0 Å². The molecule has 0 radical (unpaired) electrons. The molecule has 0 saturated heterocycles. The summed E-state index contributed by atoms with van der Waals surface area (Å²) in [7, 11) is 0. The van der Waals surface area contributed by atoms with E-state index in [4.69, 9.17) is 9.47 Å². The third kappa shape index (κ3) is 0.949. The molecule has 66 valence electrons. The molecule has 0 bridgehead atoms. The van der Waals surface area contributed by atoms with Gasteiger partial charge in [0.05, 0.1) is 12.9 Å². The Morgan fingerprint density at radius 3 is 3.15 bits per heavy atom. The zero-order chi connectivity index (χ0) is 8.67. The Morgan fingerprint density at radius 1 is 1.23 bits per heavy atom. The van der Waals surface area contributed by atoms with Crippen LogP contribution in [-0.2, 0) is 0 Å². The summed E-state index contributed by atoms with van der Waals surface area (Å²) < 4.78 is 11.0. The second-order valence-electron chi connectivity index (χ2n) is 3.36. The maximum atomic E-state index is 5.56. The number of ether oxygens (including phenoxy) is 2. The van der Waals surface area contributed by atoms with Crippen molar-refractivity contribution in [2.24, 2.45) is 0 Å². The fraction of sp³-hybridized carbons (Fsp3) is 0.273. The van der Waals surface area contributed by atoms with Crippen molar-refractivity contribution < 1.29 is 9.47 Å². The highest BCUT2D eigenvalue weighted by Gasteiger charge is 2.25. The van der Waals surface area contributed by atoms with Gasteiger partial charge in [0.25, 0.3) is 0 Å². The number of benzene rings is 1. The summed E-state index contributed by atoms with van der Waals surface area (Å²) in [6, 6.07) is 5.97. The van der Waals surface area contributed by atoms with Gasteiger partial charge in [0.15, 0.2) is 0 Å². The lowest BCUT2D eigenvalue weighted by atomic mass is 9.91. The lowest BCUT2D eigenvalue weighted by molar-refractivity contribution is 0.269. The Bertz CT molecular complexity index is 368. The van der Waals surface area contributed by atoms with E-state index in [1.54, 1.807) is 6.26 Å². The summed E-state index contributed by atoms with van der Waals surface area (Å²) in [5.74, 6) is 2.43. The molecule has 1 aromatic carbocycles. The van der Waals surface area contributed by atoms with Crippen molar-refractivity contribution in [1.29, 1.82) is 0 Å². The van der Waals surface area contributed by atoms with Crippen molar-refractivity contribution >= 4 is 0 Å². The highest BCUT2D eigenvalue weighted by Crippen LogP contribution is 2.42. The van der Waals surface area contributed by atoms with Gasteiger partial charge in [-0.1, -0.05) is 6.07 Å². The lowest BCUT2D eigenvalue weighted by Crippen LogP contribution is -2.15. The van der Waals surface area contributed by atoms with Crippen molar-refractivity contribution in [1.82, 2.24) is 0 Å². The third-order valence-corrected chi connectivity index (χ3v) is 2.59. The van der Waals surface area contributed by atoms with Gasteiger partial charge < -0.3 is 9.47 Å². The first kappa shape index (κ1) is 7.01. The van der Waals surface area contributed by atoms with E-state index in [0.29, 0.717) is 5.92 Å². The number of allylic oxidation sites excluding steroid dienone is 1. The van der Waals surface area contributed by atoms with Crippen LogP contribution in [0.2, 0.25) is 0 Å². The van der Waals surface area contributed by atoms with Gasteiger partial charge in [-0.3, -0.25) is 0 Å². The van der Waals surface area contributed by atoms with E-state index in [9.17, 15) is 0 Å². The number of rotatable bonds is 0. The summed E-state index contributed by atoms with van der Waals surface area (Å²) in [6.07, 6.45) is 4.94. The summed E-state index contributed by atoms with van der Waals surface area (Å²) in [5, 5.41) is 0. The van der Waals surface area contributed by atoms with E-state index in [1.807, 2.05) is 18.2 Å². The second kappa shape index (κ2) is 2.52. The summed E-state index contributed by atoms with van der Waals surface area (Å²) in [4.78, 5) is 0. The molecule has 3 rings (SSSR count). The van der Waals surface area contributed by atoms with Crippen LogP contribution in [0, 0.1) is 0 Å². The highest BCUT2D eigenvalue weighted by molar-refractivity contribution is 5.51. The van der Waals surface area contributed by atoms with Crippen LogP contribution >= 0.6 is 0 Å². The Labute approximate surface area is 76.8 Å². The van der Waals surface area contributed by atoms with Gasteiger partial charge in [-0.05, 0) is 24.6 Å². The Morgan fingerprint density at radius 2 is 2.15 bits per heavy atom. The highest BCUT2D eigenvalue weighted by atomic mass is 16.5. The van der Waals surface area contributed by atoms with Crippen LogP contribution in [0.3, 0.4) is 0 Å². The van der Waals surface area contributed by atoms with E-state index in [0.717, 1.165) is 24.5 Å². The first-order valence-corrected chi connectivity index (χ1v) is 4.54. The van der Waals surface area contributed by atoms with Crippen LogP contribution in [0.1, 0.15) is 17.9 Å². The Balaban J connectivity index is 2.22. The van der Waals surface area contributed by atoms with Gasteiger partial charge >= 0.3 is 0 Å². The van der Waals surface area contributed by atoms with E-state index in [1.165, 1.54) is 5.56 Å². The van der Waals surface area contributed by atoms with Gasteiger partial charge in [0.2, 0.25) is 0 Å². The number of hydrogen-bond donors (Lipinski definition) is 0. The average Bonchev–Trinajstić information content (AvgIpc) is 2.19. The minimum Gasteiger partial charge on any atom is -0.493 e. The standard InChI is InChI=1S/C11H10O2/c1-2-9-11-8(4-6-12-9)5-7-13-10(11)3-1/h1-4,6,8H,5,7H2. The zero-order valence-electron chi connectivity index (χ0n) is 7.19. The van der Waals surface area contributed by atoms with Crippen LogP contribution < -0.4 is 9.47 Å². The Hall–Kier alpha value is -1.44. The van der Waals surface area contributed by atoms with Crippen LogP contribution in [0.5, 0.6) is 11.5 Å². The van der Waals surface area contributed by atoms with E-state index >= 15 is 0 Å². The van der Waals surface area contributed by atoms with Crippen LogP contribution in [0.25, 0.3) is 0 Å². The van der Waals surface area contributed by atoms with Gasteiger partial charge in [0.1, 0.15) is 11.5 Å². The van der Waals surface area contributed by atoms with Crippen LogP contribution in [-0.4, -0.2) is 6.61 Å². The van der Waals surface area contributed by atoms with Gasteiger partial charge in [0, 0.05) is 11.5 Å². The summed E-state index contributed by atoms with van der Waals surface area (Å²) in [5.41, 5.74) is 1.22. The fourth-order valence-corrected chi connectivity index (χ4v) is 1.96. The molecule has 1 atom stereocenters. The molecule has 2 aliphatic rings. The van der Waals surface area contributed by atoms with E-state index in [-0.39, 0.29) is 0 Å². The maximum Gasteiger partial charge on any atom is 0.134 e. The molecule has 2 heterocycles. The molecule has 0 saturated carbocycles. The summed E-state index contributed by atoms with van der Waals surface area (Å²) >= 11 is 0. The SMILES string of the molecule is C1=CC2CCOc3cccc(c32)O1. The monoisotopic (exact) mass is 174 g/mol. The summed E-state index contributed by atoms with van der Waals surface area (Å²) in [6.45, 7) is 0.811. The van der Waals surface area contributed by atoms with Crippen molar-refractivity contribution in [3.8, 4) is 11.5 Å². The molecular weight excluding hydrogens is 164 g/mol. The van der Waals surface area contributed by atoms with E-state index in [2.05, 4.69) is 6.08 Å². The molecule has 0 amide bonds. The van der Waals surface area contributed by atoms with Gasteiger partial charge in [-0.25, -0.2) is 0 Å². The molecule has 1 unspecified atom stereocenters. The maximum absolute atomic E-state index is 5.56. The third-order valence-electron chi connectivity index (χ3n) is 2.59. The molecule has 2 aliphatic heterocycles. The molecule has 13 heavy (non-hydrogen) atoms. The molecule has 0 aromatic heterocycles. The number of hydrogen-bond acceptors (Lipinski definition) is 2. The molecule has 0 aliphatic carbocycles. The van der Waals surface area contributed by atoms with Crippen LogP contribution in [0.15, 0.2) is 30.5 Å². The molecule has 0 spiro atoms. The minimum atomic E-state index is 0.494. The van der Waals surface area contributed by atoms with Gasteiger partial charge in [-0.2, -0.15) is 0 Å². The first-order valence-electron chi connectivity index (χ1n) is 4.54. The van der Waals surface area contributed by atoms with Crippen molar-refractivity contribution in [2.45, 2.75) is 12.3 Å². The second-order valence-corrected chi connectivity index (χ2v) is 3.36. The normalized spacial score (nSPS) is 22.9. The first-order chi connectivity index (χ1) is 6.45. The smallest absolute Gasteiger partial charge is 0.134 e. The van der Waals surface area contributed by atoms with Crippen molar-refractivity contribution in [3.05, 3.63) is 36.1 Å². The predicted molar refractivity (Wildman–Crippen MR) is 49.1 cm³/mol. The predicted octanol–water partition coefficient (Wildman–Crippen LogP) is 2.46. The molecule has 1 aromatic rings. The van der Waals surface area contributed by atoms with Crippen molar-refractivity contribution in [3.63, 3.8) is 0 Å². The molecule has 2 heteroatoms. The minimum absolute atomic E-state index is 0.494. The largest absolute Gasteiger partial charge is 0.493 e. The topological polar surface area (TPSA) is 18.5 Å². The quantitative estimate of drug-likeness (QED) is 0.601. The van der Waals surface area contributed by atoms with Crippen molar-refractivity contribution in [2.75, 3.05) is 6.61 Å². The molecule has 2 nitrogen and oxygen atoms in total. The average molecular weight is 174 g/mol. The zero-order valence-corrected chi connectivity index (χ0v) is 7.19. The molecule has 0 N–H and O–H groups in total. The molecule has 0 fully saturated rings. The molecular formula is C11H10O2. The van der Waals surface area contributed by atoms with Crippen LogP contribution in [0.4, 0.5) is 0 Å². The van der Waals surface area contributed by atoms with E-state index < -0.39 is 0 Å². The lowest BCUT2D eigenvalue weighted by Gasteiger charge is -2.27.